The van der Waals surface area contributed by atoms with E-state index < -0.39 is 5.91 Å². The van der Waals surface area contributed by atoms with Gasteiger partial charge in [-0.1, -0.05) is 18.2 Å². The molecule has 0 aromatic heterocycles. The molecule has 7 nitrogen and oxygen atoms in total. The Morgan fingerprint density at radius 3 is 2.81 bits per heavy atom. The van der Waals surface area contributed by atoms with E-state index in [2.05, 4.69) is 5.32 Å². The molecule has 7 heteroatoms. The molecule has 2 amide bonds. The maximum absolute atomic E-state index is 12.6. The van der Waals surface area contributed by atoms with Crippen LogP contribution in [0.15, 0.2) is 42.5 Å². The number of amides is 2. The lowest BCUT2D eigenvalue weighted by Crippen LogP contribution is -2.32. The van der Waals surface area contributed by atoms with Crippen LogP contribution in [0.1, 0.15) is 28.4 Å². The Labute approximate surface area is 151 Å². The Morgan fingerprint density at radius 1 is 1.23 bits per heavy atom. The van der Waals surface area contributed by atoms with Gasteiger partial charge >= 0.3 is 0 Å². The number of carbonyl (C=O) groups is 2. The highest BCUT2D eigenvalue weighted by Crippen LogP contribution is 2.32. The molecule has 0 radical (unpaired) electrons. The van der Waals surface area contributed by atoms with Crippen LogP contribution in [0, 0.1) is 0 Å². The van der Waals surface area contributed by atoms with E-state index in [4.69, 9.17) is 19.9 Å². The zero-order valence-electron chi connectivity index (χ0n) is 14.4. The van der Waals surface area contributed by atoms with E-state index in [0.29, 0.717) is 30.1 Å². The van der Waals surface area contributed by atoms with Gasteiger partial charge in [0.1, 0.15) is 5.75 Å². The molecule has 0 fully saturated rings. The average molecular weight is 356 g/mol. The first-order valence-electron chi connectivity index (χ1n) is 8.20. The van der Waals surface area contributed by atoms with Crippen LogP contribution < -0.4 is 25.3 Å². The van der Waals surface area contributed by atoms with Gasteiger partial charge in [-0.2, -0.15) is 0 Å². The molecule has 1 atom stereocenters. The standard InChI is InChI=1S/C19H20N2O5/c1-24-17-10-12(6-7-16(17)26-11-18(20)22)19(23)21-14-8-9-25-15-5-3-2-4-13(14)15/h2-7,10,14H,8-9,11H2,1H3,(H2,20,22)(H,21,23)/t14-/m0/s1. The minimum Gasteiger partial charge on any atom is -0.493 e. The van der Waals surface area contributed by atoms with Crippen molar-refractivity contribution in [2.75, 3.05) is 20.3 Å². The third-order valence-electron chi connectivity index (χ3n) is 4.06. The first kappa shape index (κ1) is 17.6. The smallest absolute Gasteiger partial charge is 0.255 e. The fraction of sp³-hybridized carbons (Fsp3) is 0.263. The van der Waals surface area contributed by atoms with E-state index in [1.165, 1.54) is 7.11 Å². The van der Waals surface area contributed by atoms with Crippen LogP contribution in [0.3, 0.4) is 0 Å². The summed E-state index contributed by atoms with van der Waals surface area (Å²) in [5.74, 6) is 0.667. The highest BCUT2D eigenvalue weighted by atomic mass is 16.5. The highest BCUT2D eigenvalue weighted by molar-refractivity contribution is 5.95. The fourth-order valence-electron chi connectivity index (χ4n) is 2.81. The number of fused-ring (bicyclic) bond motifs is 1. The summed E-state index contributed by atoms with van der Waals surface area (Å²) in [6.45, 7) is 0.284. The van der Waals surface area contributed by atoms with Crippen LogP contribution in [0.2, 0.25) is 0 Å². The van der Waals surface area contributed by atoms with Gasteiger partial charge in [0.25, 0.3) is 11.8 Å². The molecular formula is C19H20N2O5. The van der Waals surface area contributed by atoms with Crippen LogP contribution in [0.25, 0.3) is 0 Å². The summed E-state index contributed by atoms with van der Waals surface area (Å²) >= 11 is 0. The summed E-state index contributed by atoms with van der Waals surface area (Å²) < 4.78 is 16.1. The number of nitrogens with one attached hydrogen (secondary N) is 1. The van der Waals surface area contributed by atoms with Gasteiger partial charge in [0.2, 0.25) is 0 Å². The molecule has 3 rings (SSSR count). The zero-order valence-corrected chi connectivity index (χ0v) is 14.4. The lowest BCUT2D eigenvalue weighted by molar-refractivity contribution is -0.119. The number of hydrogen-bond donors (Lipinski definition) is 2. The van der Waals surface area contributed by atoms with E-state index in [1.807, 2.05) is 24.3 Å². The van der Waals surface area contributed by atoms with Crippen molar-refractivity contribution in [3.63, 3.8) is 0 Å². The summed E-state index contributed by atoms with van der Waals surface area (Å²) in [4.78, 5) is 23.5. The molecule has 1 aliphatic rings. The predicted octanol–water partition coefficient (Wildman–Crippen LogP) is 1.81. The molecule has 0 saturated carbocycles. The number of primary amides is 1. The number of para-hydroxylation sites is 1. The second-order valence-electron chi connectivity index (χ2n) is 5.82. The van der Waals surface area contributed by atoms with Gasteiger partial charge in [0.15, 0.2) is 18.1 Å². The first-order chi connectivity index (χ1) is 12.6. The third-order valence-corrected chi connectivity index (χ3v) is 4.06. The molecule has 1 heterocycles. The van der Waals surface area contributed by atoms with E-state index in [0.717, 1.165) is 11.3 Å². The molecule has 0 bridgehead atoms. The normalized spacial score (nSPS) is 15.3. The van der Waals surface area contributed by atoms with Crippen molar-refractivity contribution < 1.29 is 23.8 Å². The summed E-state index contributed by atoms with van der Waals surface area (Å²) in [7, 11) is 1.46. The molecular weight excluding hydrogens is 336 g/mol. The quantitative estimate of drug-likeness (QED) is 0.822. The summed E-state index contributed by atoms with van der Waals surface area (Å²) in [6.07, 6.45) is 0.694. The Kier molecular flexibility index (Phi) is 5.26. The number of ether oxygens (including phenoxy) is 3. The third kappa shape index (κ3) is 3.88. The topological polar surface area (TPSA) is 99.9 Å². The van der Waals surface area contributed by atoms with Gasteiger partial charge in [-0.3, -0.25) is 9.59 Å². The zero-order chi connectivity index (χ0) is 18.5. The molecule has 0 unspecified atom stereocenters. The number of carbonyl (C=O) groups excluding carboxylic acids is 2. The largest absolute Gasteiger partial charge is 0.493 e. The highest BCUT2D eigenvalue weighted by Gasteiger charge is 2.23. The van der Waals surface area contributed by atoms with Crippen molar-refractivity contribution >= 4 is 11.8 Å². The monoisotopic (exact) mass is 356 g/mol. The molecule has 26 heavy (non-hydrogen) atoms. The SMILES string of the molecule is COc1cc(C(=O)N[C@H]2CCOc3ccccc32)ccc1OCC(N)=O. The maximum atomic E-state index is 12.6. The Balaban J connectivity index is 1.75. The van der Waals surface area contributed by atoms with Gasteiger partial charge in [-0.25, -0.2) is 0 Å². The second kappa shape index (κ2) is 7.77. The van der Waals surface area contributed by atoms with Crippen molar-refractivity contribution in [3.05, 3.63) is 53.6 Å². The van der Waals surface area contributed by atoms with Gasteiger partial charge in [0.05, 0.1) is 19.8 Å². The van der Waals surface area contributed by atoms with E-state index in [-0.39, 0.29) is 18.6 Å². The average Bonchev–Trinajstić information content (AvgIpc) is 2.66. The summed E-state index contributed by atoms with van der Waals surface area (Å²) in [5.41, 5.74) is 6.46. The van der Waals surface area contributed by atoms with Crippen LogP contribution >= 0.6 is 0 Å². The molecule has 3 N–H and O–H groups in total. The second-order valence-corrected chi connectivity index (χ2v) is 5.82. The van der Waals surface area contributed by atoms with Gasteiger partial charge < -0.3 is 25.3 Å². The number of hydrogen-bond acceptors (Lipinski definition) is 5. The van der Waals surface area contributed by atoms with E-state index in [9.17, 15) is 9.59 Å². The van der Waals surface area contributed by atoms with E-state index in [1.54, 1.807) is 18.2 Å². The van der Waals surface area contributed by atoms with Crippen LogP contribution in [0.5, 0.6) is 17.2 Å². The number of methoxy groups -OCH3 is 1. The van der Waals surface area contributed by atoms with Gasteiger partial charge in [-0.05, 0) is 24.3 Å². The molecule has 2 aromatic carbocycles. The Morgan fingerprint density at radius 2 is 2.04 bits per heavy atom. The molecule has 0 aliphatic carbocycles. The minimum atomic E-state index is -0.591. The molecule has 1 aliphatic heterocycles. The van der Waals surface area contributed by atoms with Crippen molar-refractivity contribution in [2.24, 2.45) is 5.73 Å². The minimum absolute atomic E-state index is 0.121. The van der Waals surface area contributed by atoms with Crippen LogP contribution in [-0.4, -0.2) is 32.1 Å². The lowest BCUT2D eigenvalue weighted by atomic mass is 10.00. The Hall–Kier alpha value is -3.22. The Bertz CT molecular complexity index is 821. The number of rotatable bonds is 6. The molecule has 0 saturated heterocycles. The predicted molar refractivity (Wildman–Crippen MR) is 94.4 cm³/mol. The first-order valence-corrected chi connectivity index (χ1v) is 8.20. The van der Waals surface area contributed by atoms with Crippen molar-refractivity contribution in [3.8, 4) is 17.2 Å². The number of benzene rings is 2. The van der Waals surface area contributed by atoms with Crippen molar-refractivity contribution in [1.29, 1.82) is 0 Å². The van der Waals surface area contributed by atoms with Gasteiger partial charge in [0, 0.05) is 17.5 Å². The fourth-order valence-corrected chi connectivity index (χ4v) is 2.81. The van der Waals surface area contributed by atoms with Crippen molar-refractivity contribution in [1.82, 2.24) is 5.32 Å². The number of nitrogens with two attached hydrogens (primary N) is 1. The summed E-state index contributed by atoms with van der Waals surface area (Å²) in [5, 5.41) is 3.02. The summed E-state index contributed by atoms with van der Waals surface area (Å²) in [6, 6.07) is 12.3. The van der Waals surface area contributed by atoms with E-state index >= 15 is 0 Å². The molecule has 2 aromatic rings. The molecule has 0 spiro atoms. The van der Waals surface area contributed by atoms with Crippen LogP contribution in [-0.2, 0) is 4.79 Å². The van der Waals surface area contributed by atoms with Crippen LogP contribution in [0.4, 0.5) is 0 Å². The van der Waals surface area contributed by atoms with Crippen molar-refractivity contribution in [2.45, 2.75) is 12.5 Å². The molecule has 136 valence electrons. The lowest BCUT2D eigenvalue weighted by Gasteiger charge is -2.26. The maximum Gasteiger partial charge on any atom is 0.255 e. The van der Waals surface area contributed by atoms with Gasteiger partial charge in [-0.15, -0.1) is 0 Å².